The lowest BCUT2D eigenvalue weighted by Gasteiger charge is -2.06. The molecule has 0 saturated carbocycles. The summed E-state index contributed by atoms with van der Waals surface area (Å²) in [5.41, 5.74) is 2.20. The van der Waals surface area contributed by atoms with Crippen molar-refractivity contribution < 1.29 is 9.18 Å². The molecule has 0 bridgehead atoms. The number of carbonyl (C=O) groups excluding carboxylic acids is 1. The van der Waals surface area contributed by atoms with E-state index in [1.807, 2.05) is 24.3 Å². The van der Waals surface area contributed by atoms with Crippen molar-refractivity contribution in [2.75, 3.05) is 12.3 Å². The largest absolute Gasteiger partial charge is 0.355 e. The van der Waals surface area contributed by atoms with Crippen LogP contribution in [0, 0.1) is 5.82 Å². The second-order valence-corrected chi connectivity index (χ2v) is 6.65. The molecule has 0 unspecified atom stereocenters. The van der Waals surface area contributed by atoms with Gasteiger partial charge in [-0.3, -0.25) is 4.79 Å². The van der Waals surface area contributed by atoms with E-state index in [4.69, 9.17) is 0 Å². The smallest absolute Gasteiger partial charge is 0.230 e. The summed E-state index contributed by atoms with van der Waals surface area (Å²) in [4.78, 5) is 11.8. The zero-order chi connectivity index (χ0) is 15.8. The van der Waals surface area contributed by atoms with E-state index in [1.54, 1.807) is 23.9 Å². The molecule has 1 N–H and O–H groups in total. The van der Waals surface area contributed by atoms with E-state index >= 15 is 0 Å². The average Bonchev–Trinajstić information content (AvgIpc) is 2.51. The Balaban J connectivity index is 1.64. The van der Waals surface area contributed by atoms with Crippen LogP contribution in [-0.2, 0) is 17.0 Å². The summed E-state index contributed by atoms with van der Waals surface area (Å²) in [6, 6.07) is 14.4. The molecule has 2 aromatic carbocycles. The van der Waals surface area contributed by atoms with Crippen LogP contribution in [0.1, 0.15) is 11.1 Å². The van der Waals surface area contributed by atoms with Crippen molar-refractivity contribution in [1.29, 1.82) is 0 Å². The van der Waals surface area contributed by atoms with Crippen molar-refractivity contribution in [3.63, 3.8) is 0 Å². The summed E-state index contributed by atoms with van der Waals surface area (Å²) >= 11 is 5.08. The lowest BCUT2D eigenvalue weighted by molar-refractivity contribution is -0.118. The Morgan fingerprint density at radius 1 is 1.14 bits per heavy atom. The number of rotatable bonds is 7. The molecule has 5 heteroatoms. The Bertz CT molecular complexity index is 618. The van der Waals surface area contributed by atoms with E-state index in [0.29, 0.717) is 18.7 Å². The quantitative estimate of drug-likeness (QED) is 0.779. The molecule has 22 heavy (non-hydrogen) atoms. The fourth-order valence-electron chi connectivity index (χ4n) is 1.92. The minimum atomic E-state index is -0.240. The molecule has 0 aromatic heterocycles. The molecule has 2 nitrogen and oxygen atoms in total. The van der Waals surface area contributed by atoms with Crippen LogP contribution in [0.25, 0.3) is 0 Å². The minimum absolute atomic E-state index is 0.0270. The van der Waals surface area contributed by atoms with E-state index in [-0.39, 0.29) is 11.7 Å². The topological polar surface area (TPSA) is 29.1 Å². The van der Waals surface area contributed by atoms with Gasteiger partial charge in [-0.2, -0.15) is 0 Å². The molecule has 2 aromatic rings. The van der Waals surface area contributed by atoms with Gasteiger partial charge in [0.1, 0.15) is 5.82 Å². The van der Waals surface area contributed by atoms with Gasteiger partial charge >= 0.3 is 0 Å². The second-order valence-electron chi connectivity index (χ2n) is 4.81. The number of halogens is 2. The summed E-state index contributed by atoms with van der Waals surface area (Å²) in [6.45, 7) is 0.570. The predicted octanol–water partition coefficient (Wildman–Crippen LogP) is 4.18. The number of hydrogen-bond acceptors (Lipinski definition) is 2. The molecule has 0 fully saturated rings. The SMILES string of the molecule is O=C(CSCc1ccccc1Br)NCCc1ccc(F)cc1. The minimum Gasteiger partial charge on any atom is -0.355 e. The Labute approximate surface area is 142 Å². The van der Waals surface area contributed by atoms with Gasteiger partial charge in [-0.05, 0) is 35.7 Å². The van der Waals surface area contributed by atoms with Crippen LogP contribution in [0.15, 0.2) is 53.0 Å². The third-order valence-corrected chi connectivity index (χ3v) is 4.85. The summed E-state index contributed by atoms with van der Waals surface area (Å²) in [7, 11) is 0. The van der Waals surface area contributed by atoms with E-state index in [2.05, 4.69) is 21.2 Å². The first-order valence-electron chi connectivity index (χ1n) is 6.97. The highest BCUT2D eigenvalue weighted by atomic mass is 79.9. The lowest BCUT2D eigenvalue weighted by atomic mass is 10.1. The average molecular weight is 382 g/mol. The van der Waals surface area contributed by atoms with Crippen molar-refractivity contribution in [2.45, 2.75) is 12.2 Å². The molecule has 1 amide bonds. The van der Waals surface area contributed by atoms with Crippen molar-refractivity contribution in [2.24, 2.45) is 0 Å². The summed E-state index contributed by atoms with van der Waals surface area (Å²) in [5.74, 6) is 1.02. The van der Waals surface area contributed by atoms with Gasteiger partial charge in [0.25, 0.3) is 0 Å². The van der Waals surface area contributed by atoms with Gasteiger partial charge in [0.15, 0.2) is 0 Å². The molecule has 2 rings (SSSR count). The van der Waals surface area contributed by atoms with Gasteiger partial charge in [-0.1, -0.05) is 46.3 Å². The van der Waals surface area contributed by atoms with Crippen molar-refractivity contribution in [3.8, 4) is 0 Å². The number of nitrogens with one attached hydrogen (secondary N) is 1. The molecular weight excluding hydrogens is 365 g/mol. The van der Waals surface area contributed by atoms with Crippen molar-refractivity contribution in [3.05, 3.63) is 69.9 Å². The number of hydrogen-bond donors (Lipinski definition) is 1. The van der Waals surface area contributed by atoms with Crippen molar-refractivity contribution >= 4 is 33.6 Å². The summed E-state index contributed by atoms with van der Waals surface area (Å²) < 4.78 is 13.8. The van der Waals surface area contributed by atoms with Crippen LogP contribution >= 0.6 is 27.7 Å². The molecular formula is C17H17BrFNOS. The Morgan fingerprint density at radius 2 is 1.86 bits per heavy atom. The maximum Gasteiger partial charge on any atom is 0.230 e. The normalized spacial score (nSPS) is 10.5. The molecule has 0 radical (unpaired) electrons. The van der Waals surface area contributed by atoms with E-state index < -0.39 is 0 Å². The highest BCUT2D eigenvalue weighted by Crippen LogP contribution is 2.21. The summed E-state index contributed by atoms with van der Waals surface area (Å²) in [5, 5.41) is 2.88. The van der Waals surface area contributed by atoms with Gasteiger partial charge in [-0.25, -0.2) is 4.39 Å². The zero-order valence-corrected chi connectivity index (χ0v) is 14.4. The number of amides is 1. The van der Waals surface area contributed by atoms with E-state index in [9.17, 15) is 9.18 Å². The molecule has 0 heterocycles. The maximum absolute atomic E-state index is 12.8. The van der Waals surface area contributed by atoms with Crippen LogP contribution in [0.3, 0.4) is 0 Å². The van der Waals surface area contributed by atoms with Crippen LogP contribution in [0.5, 0.6) is 0 Å². The second kappa shape index (κ2) is 8.96. The first-order valence-corrected chi connectivity index (χ1v) is 8.92. The van der Waals surface area contributed by atoms with Gasteiger partial charge in [0, 0.05) is 16.8 Å². The molecule has 116 valence electrons. The lowest BCUT2D eigenvalue weighted by Crippen LogP contribution is -2.27. The maximum atomic E-state index is 12.8. The van der Waals surface area contributed by atoms with Crippen LogP contribution in [-0.4, -0.2) is 18.2 Å². The molecule has 0 aliphatic rings. The monoisotopic (exact) mass is 381 g/mol. The van der Waals surface area contributed by atoms with Gasteiger partial charge in [0.2, 0.25) is 5.91 Å². The highest BCUT2D eigenvalue weighted by molar-refractivity contribution is 9.10. The zero-order valence-electron chi connectivity index (χ0n) is 12.0. The number of benzene rings is 2. The van der Waals surface area contributed by atoms with Crippen LogP contribution in [0.2, 0.25) is 0 Å². The third-order valence-electron chi connectivity index (χ3n) is 3.10. The fourth-order valence-corrected chi connectivity index (χ4v) is 3.39. The first kappa shape index (κ1) is 17.0. The predicted molar refractivity (Wildman–Crippen MR) is 93.4 cm³/mol. The molecule has 0 spiro atoms. The number of thioether (sulfide) groups is 1. The first-order chi connectivity index (χ1) is 10.6. The van der Waals surface area contributed by atoms with Gasteiger partial charge in [0.05, 0.1) is 5.75 Å². The standard InChI is InChI=1S/C17H17BrFNOS/c18-16-4-2-1-3-14(16)11-22-12-17(21)20-10-9-13-5-7-15(19)8-6-13/h1-8H,9-12H2,(H,20,21). The highest BCUT2D eigenvalue weighted by Gasteiger charge is 2.04. The summed E-state index contributed by atoms with van der Waals surface area (Å²) in [6.07, 6.45) is 0.709. The van der Waals surface area contributed by atoms with E-state index in [1.165, 1.54) is 17.7 Å². The van der Waals surface area contributed by atoms with Gasteiger partial charge in [-0.15, -0.1) is 11.8 Å². The van der Waals surface area contributed by atoms with Crippen LogP contribution in [0.4, 0.5) is 4.39 Å². The fraction of sp³-hybridized carbons (Fsp3) is 0.235. The number of carbonyl (C=O) groups is 1. The Hall–Kier alpha value is -1.33. The molecule has 0 aliphatic carbocycles. The molecule has 0 atom stereocenters. The van der Waals surface area contributed by atoms with Crippen LogP contribution < -0.4 is 5.32 Å². The molecule has 0 aliphatic heterocycles. The van der Waals surface area contributed by atoms with E-state index in [0.717, 1.165) is 15.8 Å². The Kier molecular flexibility index (Phi) is 6.93. The molecule has 0 saturated heterocycles. The third kappa shape index (κ3) is 5.81. The van der Waals surface area contributed by atoms with Gasteiger partial charge < -0.3 is 5.32 Å². The van der Waals surface area contributed by atoms with Crippen molar-refractivity contribution in [1.82, 2.24) is 5.32 Å². The Morgan fingerprint density at radius 3 is 2.59 bits per heavy atom.